The summed E-state index contributed by atoms with van der Waals surface area (Å²) < 4.78 is 36.8. The summed E-state index contributed by atoms with van der Waals surface area (Å²) in [6.45, 7) is 2.45. The zero-order valence-corrected chi connectivity index (χ0v) is 19.8. The van der Waals surface area contributed by atoms with E-state index in [2.05, 4.69) is 20.0 Å². The second kappa shape index (κ2) is 10.3. The molecule has 4 rings (SSSR count). The first kappa shape index (κ1) is 23.8. The number of pyridine rings is 1. The minimum absolute atomic E-state index is 0.0590. The average Bonchev–Trinajstić information content (AvgIpc) is 3.33. The van der Waals surface area contributed by atoms with E-state index in [9.17, 15) is 13.2 Å². The molecule has 0 radical (unpaired) electrons. The number of hydrogen-bond donors (Lipinski definition) is 0. The van der Waals surface area contributed by atoms with E-state index in [1.54, 1.807) is 18.1 Å². The quantitative estimate of drug-likeness (QED) is 0.461. The fourth-order valence-corrected chi connectivity index (χ4v) is 4.66. The highest BCUT2D eigenvalue weighted by Gasteiger charge is 2.27. The SMILES string of the molecule is COc1ccc(-c2noc(CN3CCN(C(=O)CN(C)S(=O)(=O)c4cccnc4)CC3)n2)cc1. The number of rotatable bonds is 8. The highest BCUT2D eigenvalue weighted by Crippen LogP contribution is 2.20. The topological polar surface area (TPSA) is 122 Å². The van der Waals surface area contributed by atoms with Crippen molar-refractivity contribution in [2.75, 3.05) is 46.9 Å². The van der Waals surface area contributed by atoms with Crippen molar-refractivity contribution in [2.24, 2.45) is 0 Å². The molecule has 1 amide bonds. The third-order valence-corrected chi connectivity index (χ3v) is 7.39. The van der Waals surface area contributed by atoms with Crippen molar-refractivity contribution < 1.29 is 22.5 Å². The zero-order chi connectivity index (χ0) is 24.1. The van der Waals surface area contributed by atoms with Crippen LogP contribution in [-0.4, -0.2) is 90.4 Å². The van der Waals surface area contributed by atoms with Gasteiger partial charge in [-0.1, -0.05) is 5.16 Å². The number of aromatic nitrogens is 3. The van der Waals surface area contributed by atoms with Crippen LogP contribution in [0.3, 0.4) is 0 Å². The third-order valence-electron chi connectivity index (χ3n) is 5.60. The molecule has 0 atom stereocenters. The third kappa shape index (κ3) is 5.41. The van der Waals surface area contributed by atoms with Crippen molar-refractivity contribution in [3.63, 3.8) is 0 Å². The van der Waals surface area contributed by atoms with Gasteiger partial charge in [0.05, 0.1) is 20.2 Å². The molecule has 1 fully saturated rings. The first-order valence-corrected chi connectivity index (χ1v) is 12.1. The molecule has 1 saturated heterocycles. The highest BCUT2D eigenvalue weighted by atomic mass is 32.2. The fraction of sp³-hybridized carbons (Fsp3) is 0.364. The van der Waals surface area contributed by atoms with Gasteiger partial charge in [0.25, 0.3) is 0 Å². The number of ether oxygens (including phenoxy) is 1. The minimum atomic E-state index is -3.77. The molecule has 0 saturated carbocycles. The van der Waals surface area contributed by atoms with Crippen LogP contribution in [0.1, 0.15) is 5.89 Å². The average molecular weight is 487 g/mol. The molecule has 11 nitrogen and oxygen atoms in total. The lowest BCUT2D eigenvalue weighted by Crippen LogP contribution is -2.51. The number of carbonyl (C=O) groups is 1. The van der Waals surface area contributed by atoms with Crippen LogP contribution in [0.15, 0.2) is 58.2 Å². The molecular formula is C22H26N6O5S. The molecule has 0 unspecified atom stereocenters. The molecule has 3 heterocycles. The number of piperazine rings is 1. The Labute approximate surface area is 198 Å². The summed E-state index contributed by atoms with van der Waals surface area (Å²) in [5.74, 6) is 1.51. The lowest BCUT2D eigenvalue weighted by Gasteiger charge is -2.34. The van der Waals surface area contributed by atoms with Gasteiger partial charge in [0.1, 0.15) is 10.6 Å². The molecule has 12 heteroatoms. The van der Waals surface area contributed by atoms with Crippen LogP contribution in [0.2, 0.25) is 0 Å². The second-order valence-electron chi connectivity index (χ2n) is 7.85. The summed E-state index contributed by atoms with van der Waals surface area (Å²) in [4.78, 5) is 24.8. The van der Waals surface area contributed by atoms with Gasteiger partial charge < -0.3 is 14.2 Å². The van der Waals surface area contributed by atoms with Crippen molar-refractivity contribution in [3.8, 4) is 17.1 Å². The summed E-state index contributed by atoms with van der Waals surface area (Å²) in [5, 5.41) is 4.05. The van der Waals surface area contributed by atoms with Crippen LogP contribution in [-0.2, 0) is 21.4 Å². The van der Waals surface area contributed by atoms with E-state index in [1.165, 1.54) is 25.5 Å². The maximum absolute atomic E-state index is 12.7. The summed E-state index contributed by atoms with van der Waals surface area (Å²) >= 11 is 0. The van der Waals surface area contributed by atoms with E-state index in [4.69, 9.17) is 9.26 Å². The summed E-state index contributed by atoms with van der Waals surface area (Å²) in [6, 6.07) is 10.4. The standard InChI is InChI=1S/C22H26N6O5S/c1-26(34(30,31)19-4-3-9-23-14-19)16-21(29)28-12-10-27(11-13-28)15-20-24-22(25-33-20)17-5-7-18(32-2)8-6-17/h3-9,14H,10-13,15-16H2,1-2H3. The van der Waals surface area contributed by atoms with Crippen LogP contribution in [0.25, 0.3) is 11.4 Å². The van der Waals surface area contributed by atoms with Gasteiger partial charge in [-0.05, 0) is 36.4 Å². The first-order valence-electron chi connectivity index (χ1n) is 10.7. The van der Waals surface area contributed by atoms with Crippen molar-refractivity contribution in [1.82, 2.24) is 29.2 Å². The summed E-state index contributed by atoms with van der Waals surface area (Å²) in [6.07, 6.45) is 2.77. The van der Waals surface area contributed by atoms with E-state index in [1.807, 2.05) is 24.3 Å². The minimum Gasteiger partial charge on any atom is -0.497 e. The van der Waals surface area contributed by atoms with Crippen LogP contribution in [0, 0.1) is 0 Å². The monoisotopic (exact) mass is 486 g/mol. The van der Waals surface area contributed by atoms with Crippen molar-refractivity contribution in [3.05, 3.63) is 54.7 Å². The zero-order valence-electron chi connectivity index (χ0n) is 19.0. The molecule has 1 aliphatic heterocycles. The molecule has 0 bridgehead atoms. The Hall–Kier alpha value is -3.35. The molecule has 34 heavy (non-hydrogen) atoms. The predicted octanol–water partition coefficient (Wildman–Crippen LogP) is 1.11. The first-order chi connectivity index (χ1) is 16.4. The Kier molecular flexibility index (Phi) is 7.20. The van der Waals surface area contributed by atoms with E-state index in [0.717, 1.165) is 15.6 Å². The largest absolute Gasteiger partial charge is 0.497 e. The maximum atomic E-state index is 12.7. The number of likely N-dealkylation sites (N-methyl/N-ethyl adjacent to an activating group) is 1. The Balaban J connectivity index is 1.28. The lowest BCUT2D eigenvalue weighted by molar-refractivity contribution is -0.133. The Bertz CT molecular complexity index is 1210. The van der Waals surface area contributed by atoms with Gasteiger partial charge in [0.15, 0.2) is 0 Å². The molecule has 3 aromatic rings. The van der Waals surface area contributed by atoms with Crippen molar-refractivity contribution in [2.45, 2.75) is 11.4 Å². The van der Waals surface area contributed by atoms with Gasteiger partial charge in [0.2, 0.25) is 27.6 Å². The van der Waals surface area contributed by atoms with Gasteiger partial charge >= 0.3 is 0 Å². The number of nitrogens with zero attached hydrogens (tertiary/aromatic N) is 6. The molecule has 1 aromatic carbocycles. The second-order valence-corrected chi connectivity index (χ2v) is 9.89. The summed E-state index contributed by atoms with van der Waals surface area (Å²) in [5.41, 5.74) is 0.830. The molecule has 1 aliphatic rings. The fourth-order valence-electron chi connectivity index (χ4n) is 3.58. The predicted molar refractivity (Wildman–Crippen MR) is 122 cm³/mol. The molecular weight excluding hydrogens is 460 g/mol. The Morgan fingerprint density at radius 1 is 1.15 bits per heavy atom. The van der Waals surface area contributed by atoms with Gasteiger partial charge in [-0.15, -0.1) is 0 Å². The normalized spacial score (nSPS) is 15.0. The van der Waals surface area contributed by atoms with E-state index in [-0.39, 0.29) is 17.3 Å². The number of amides is 1. The highest BCUT2D eigenvalue weighted by molar-refractivity contribution is 7.89. The van der Waals surface area contributed by atoms with Gasteiger partial charge in [-0.2, -0.15) is 9.29 Å². The van der Waals surface area contributed by atoms with Gasteiger partial charge in [-0.25, -0.2) is 8.42 Å². The number of methoxy groups -OCH3 is 1. The molecule has 0 aliphatic carbocycles. The smallest absolute Gasteiger partial charge is 0.244 e. The van der Waals surface area contributed by atoms with Crippen molar-refractivity contribution >= 4 is 15.9 Å². The summed E-state index contributed by atoms with van der Waals surface area (Å²) in [7, 11) is -0.767. The lowest BCUT2D eigenvalue weighted by atomic mass is 10.2. The van der Waals surface area contributed by atoms with E-state index >= 15 is 0 Å². The van der Waals surface area contributed by atoms with Crippen LogP contribution < -0.4 is 4.74 Å². The van der Waals surface area contributed by atoms with Crippen LogP contribution in [0.5, 0.6) is 5.75 Å². The maximum Gasteiger partial charge on any atom is 0.244 e. The van der Waals surface area contributed by atoms with E-state index in [0.29, 0.717) is 44.4 Å². The van der Waals surface area contributed by atoms with E-state index < -0.39 is 10.0 Å². The van der Waals surface area contributed by atoms with Gasteiger partial charge in [-0.3, -0.25) is 14.7 Å². The number of sulfonamides is 1. The number of benzene rings is 1. The molecule has 2 aromatic heterocycles. The number of hydrogen-bond acceptors (Lipinski definition) is 9. The number of carbonyl (C=O) groups excluding carboxylic acids is 1. The molecule has 180 valence electrons. The van der Waals surface area contributed by atoms with Gasteiger partial charge in [0, 0.05) is 51.2 Å². The Morgan fingerprint density at radius 2 is 1.88 bits per heavy atom. The Morgan fingerprint density at radius 3 is 2.53 bits per heavy atom. The molecule has 0 N–H and O–H groups in total. The molecule has 0 spiro atoms. The van der Waals surface area contributed by atoms with Crippen molar-refractivity contribution in [1.29, 1.82) is 0 Å². The van der Waals surface area contributed by atoms with Crippen LogP contribution >= 0.6 is 0 Å². The van der Waals surface area contributed by atoms with Crippen LogP contribution in [0.4, 0.5) is 0 Å².